The van der Waals surface area contributed by atoms with E-state index in [-0.39, 0.29) is 15.7 Å². The van der Waals surface area contributed by atoms with Crippen LogP contribution in [0.4, 0.5) is 11.5 Å². The Hall–Kier alpha value is -0.770. The van der Waals surface area contributed by atoms with E-state index >= 15 is 0 Å². The van der Waals surface area contributed by atoms with E-state index in [0.29, 0.717) is 14.5 Å². The molecule has 6 nitrogen and oxygen atoms in total. The SMILES string of the molecule is Cc1[nH]nc(NS(=O)(=O)c2cc(Cl)c(Br)s2)c1N. The first-order valence-corrected chi connectivity index (χ1v) is 8.06. The molecule has 0 amide bonds. The van der Waals surface area contributed by atoms with Gasteiger partial charge < -0.3 is 5.73 Å². The molecule has 98 valence electrons. The second-order valence-electron chi connectivity index (χ2n) is 3.40. The number of nitrogen functional groups attached to an aromatic ring is 1. The van der Waals surface area contributed by atoms with Crippen LogP contribution in [0.1, 0.15) is 5.69 Å². The van der Waals surface area contributed by atoms with E-state index in [2.05, 4.69) is 30.8 Å². The zero-order valence-electron chi connectivity index (χ0n) is 8.99. The van der Waals surface area contributed by atoms with E-state index in [0.717, 1.165) is 11.3 Å². The van der Waals surface area contributed by atoms with Crippen LogP contribution < -0.4 is 10.5 Å². The maximum Gasteiger partial charge on any atom is 0.272 e. The zero-order chi connectivity index (χ0) is 13.5. The molecule has 0 bridgehead atoms. The molecule has 0 unspecified atom stereocenters. The number of nitrogens with zero attached hydrogens (tertiary/aromatic N) is 1. The minimum atomic E-state index is -3.73. The summed E-state index contributed by atoms with van der Waals surface area (Å²) in [7, 11) is -3.73. The number of nitrogens with one attached hydrogen (secondary N) is 2. The van der Waals surface area contributed by atoms with Crippen molar-refractivity contribution < 1.29 is 8.42 Å². The monoisotopic (exact) mass is 370 g/mol. The maximum absolute atomic E-state index is 12.0. The number of hydrogen-bond donors (Lipinski definition) is 3. The van der Waals surface area contributed by atoms with Gasteiger partial charge in [0.2, 0.25) is 0 Å². The van der Waals surface area contributed by atoms with Crippen molar-refractivity contribution in [1.82, 2.24) is 10.2 Å². The molecule has 0 aliphatic heterocycles. The van der Waals surface area contributed by atoms with Crippen LogP contribution in [0, 0.1) is 6.92 Å². The van der Waals surface area contributed by atoms with Crippen molar-refractivity contribution in [3.8, 4) is 0 Å². The molecule has 0 aromatic carbocycles. The van der Waals surface area contributed by atoms with Crippen molar-refractivity contribution in [2.75, 3.05) is 10.5 Å². The van der Waals surface area contributed by atoms with E-state index < -0.39 is 10.0 Å². The highest BCUT2D eigenvalue weighted by Gasteiger charge is 2.21. The predicted molar refractivity (Wildman–Crippen MR) is 75.6 cm³/mol. The van der Waals surface area contributed by atoms with Gasteiger partial charge in [0.25, 0.3) is 10.0 Å². The molecule has 2 heterocycles. The van der Waals surface area contributed by atoms with Crippen LogP contribution in [0.2, 0.25) is 5.02 Å². The Balaban J connectivity index is 2.36. The topological polar surface area (TPSA) is 101 Å². The smallest absolute Gasteiger partial charge is 0.272 e. The average molecular weight is 372 g/mol. The normalized spacial score (nSPS) is 11.7. The van der Waals surface area contributed by atoms with E-state index in [1.165, 1.54) is 6.07 Å². The number of rotatable bonds is 3. The number of halogens is 2. The minimum Gasteiger partial charge on any atom is -0.394 e. The summed E-state index contributed by atoms with van der Waals surface area (Å²) in [4.78, 5) is 0. The molecule has 2 aromatic heterocycles. The van der Waals surface area contributed by atoms with Crippen molar-refractivity contribution in [3.63, 3.8) is 0 Å². The number of sulfonamides is 1. The lowest BCUT2D eigenvalue weighted by molar-refractivity contribution is 0.603. The van der Waals surface area contributed by atoms with Gasteiger partial charge in [-0.2, -0.15) is 5.10 Å². The van der Waals surface area contributed by atoms with Gasteiger partial charge in [-0.3, -0.25) is 9.82 Å². The number of anilines is 2. The summed E-state index contributed by atoms with van der Waals surface area (Å²) in [6.45, 7) is 1.69. The average Bonchev–Trinajstić information content (AvgIpc) is 2.77. The lowest BCUT2D eigenvalue weighted by Crippen LogP contribution is -2.12. The van der Waals surface area contributed by atoms with Gasteiger partial charge in [0, 0.05) is 0 Å². The molecule has 10 heteroatoms. The van der Waals surface area contributed by atoms with Gasteiger partial charge >= 0.3 is 0 Å². The Kier molecular flexibility index (Phi) is 3.58. The Morgan fingerprint density at radius 1 is 1.61 bits per heavy atom. The van der Waals surface area contributed by atoms with Crippen LogP contribution in [0.25, 0.3) is 0 Å². The van der Waals surface area contributed by atoms with Gasteiger partial charge in [-0.1, -0.05) is 11.6 Å². The highest BCUT2D eigenvalue weighted by Crippen LogP contribution is 2.35. The molecule has 0 radical (unpaired) electrons. The van der Waals surface area contributed by atoms with Crippen LogP contribution in [0.15, 0.2) is 14.1 Å². The Bertz CT molecular complexity index is 675. The lowest BCUT2D eigenvalue weighted by atomic mass is 10.4. The molecule has 2 aromatic rings. The fraction of sp³-hybridized carbons (Fsp3) is 0.125. The molecule has 0 fully saturated rings. The number of thiophene rings is 1. The largest absolute Gasteiger partial charge is 0.394 e. The molecule has 0 spiro atoms. The minimum absolute atomic E-state index is 0.0770. The third-order valence-corrected chi connectivity index (χ3v) is 6.40. The van der Waals surface area contributed by atoms with Gasteiger partial charge in [0.15, 0.2) is 5.82 Å². The molecular weight excluding hydrogens is 364 g/mol. The van der Waals surface area contributed by atoms with Crippen molar-refractivity contribution in [3.05, 3.63) is 20.6 Å². The molecule has 0 atom stereocenters. The fourth-order valence-electron chi connectivity index (χ4n) is 1.15. The van der Waals surface area contributed by atoms with Gasteiger partial charge in [0.05, 0.1) is 20.2 Å². The first kappa shape index (κ1) is 13.7. The molecule has 2 rings (SSSR count). The van der Waals surface area contributed by atoms with E-state index in [9.17, 15) is 8.42 Å². The summed E-state index contributed by atoms with van der Waals surface area (Å²) < 4.78 is 27.0. The summed E-state index contributed by atoms with van der Waals surface area (Å²) in [5.74, 6) is 0.0770. The third kappa shape index (κ3) is 2.48. The number of nitrogens with two attached hydrogens (primary N) is 1. The number of H-pyrrole nitrogens is 1. The van der Waals surface area contributed by atoms with Crippen molar-refractivity contribution >= 4 is 60.4 Å². The molecule has 0 aliphatic rings. The highest BCUT2D eigenvalue weighted by molar-refractivity contribution is 9.11. The molecule has 0 saturated carbocycles. The summed E-state index contributed by atoms with van der Waals surface area (Å²) in [6.07, 6.45) is 0. The van der Waals surface area contributed by atoms with Gasteiger partial charge in [0.1, 0.15) is 4.21 Å². The Morgan fingerprint density at radius 2 is 2.28 bits per heavy atom. The zero-order valence-corrected chi connectivity index (χ0v) is 13.0. The van der Waals surface area contributed by atoms with Gasteiger partial charge in [-0.25, -0.2) is 8.42 Å². The molecule has 0 aliphatic carbocycles. The van der Waals surface area contributed by atoms with Crippen molar-refractivity contribution in [2.24, 2.45) is 0 Å². The number of aromatic amines is 1. The van der Waals surface area contributed by atoms with Crippen molar-refractivity contribution in [2.45, 2.75) is 11.1 Å². The van der Waals surface area contributed by atoms with E-state index in [4.69, 9.17) is 17.3 Å². The predicted octanol–water partition coefficient (Wildman–Crippen LogP) is 2.58. The molecule has 4 N–H and O–H groups in total. The summed E-state index contributed by atoms with van der Waals surface area (Å²) >= 11 is 9.97. The number of hydrogen-bond acceptors (Lipinski definition) is 5. The quantitative estimate of drug-likeness (QED) is 0.772. The van der Waals surface area contributed by atoms with Crippen LogP contribution in [-0.2, 0) is 10.0 Å². The van der Waals surface area contributed by atoms with E-state index in [1.54, 1.807) is 6.92 Å². The van der Waals surface area contributed by atoms with Gasteiger partial charge in [-0.05, 0) is 28.9 Å². The summed E-state index contributed by atoms with van der Waals surface area (Å²) in [6, 6.07) is 1.36. The van der Waals surface area contributed by atoms with Crippen LogP contribution >= 0.6 is 38.9 Å². The van der Waals surface area contributed by atoms with E-state index in [1.807, 2.05) is 0 Å². The molecule has 18 heavy (non-hydrogen) atoms. The second kappa shape index (κ2) is 4.72. The first-order chi connectivity index (χ1) is 8.31. The Morgan fingerprint density at radius 3 is 2.72 bits per heavy atom. The van der Waals surface area contributed by atoms with Crippen LogP contribution in [0.5, 0.6) is 0 Å². The standard InChI is InChI=1S/C8H8BrClN4O2S2/c1-3-6(11)8(13-12-3)14-18(15,16)5-2-4(10)7(9)17-5/h2H,11H2,1H3,(H2,12,13,14). The number of aryl methyl sites for hydroxylation is 1. The number of aromatic nitrogens is 2. The highest BCUT2D eigenvalue weighted by atomic mass is 79.9. The summed E-state index contributed by atoms with van der Waals surface area (Å²) in [5, 5.41) is 6.71. The van der Waals surface area contributed by atoms with Gasteiger partial charge in [-0.15, -0.1) is 11.3 Å². The maximum atomic E-state index is 12.0. The van der Waals surface area contributed by atoms with Crippen LogP contribution in [-0.4, -0.2) is 18.6 Å². The fourth-order valence-corrected chi connectivity index (χ4v) is 4.57. The third-order valence-electron chi connectivity index (χ3n) is 2.11. The lowest BCUT2D eigenvalue weighted by Gasteiger charge is -2.03. The molecule has 0 saturated heterocycles. The van der Waals surface area contributed by atoms with Crippen molar-refractivity contribution in [1.29, 1.82) is 0 Å². The molecular formula is C8H8BrClN4O2S2. The summed E-state index contributed by atoms with van der Waals surface area (Å²) in [5.41, 5.74) is 6.53. The first-order valence-electron chi connectivity index (χ1n) is 4.59. The van der Waals surface area contributed by atoms with Crippen LogP contribution in [0.3, 0.4) is 0 Å². The second-order valence-corrected chi connectivity index (χ2v) is 8.09. The Labute approximate surface area is 121 Å².